The maximum absolute atomic E-state index is 12.6. The number of thioether (sulfide) groups is 1. The van der Waals surface area contributed by atoms with E-state index in [1.807, 2.05) is 61.7 Å². The molecular formula is C24H32N4O2S. The lowest BCUT2D eigenvalue weighted by Gasteiger charge is -2.29. The lowest BCUT2D eigenvalue weighted by molar-refractivity contribution is -0.117. The minimum atomic E-state index is -0.592. The first-order valence-electron chi connectivity index (χ1n) is 10.6. The molecule has 0 spiro atoms. The fourth-order valence-electron chi connectivity index (χ4n) is 3.41. The molecule has 1 heterocycles. The number of carbonyl (C=O) groups is 1. The van der Waals surface area contributed by atoms with Gasteiger partial charge in [0.2, 0.25) is 5.91 Å². The van der Waals surface area contributed by atoms with Crippen LogP contribution in [-0.4, -0.2) is 67.5 Å². The highest BCUT2D eigenvalue weighted by molar-refractivity contribution is 7.98. The van der Waals surface area contributed by atoms with Crippen LogP contribution in [0.25, 0.3) is 5.70 Å². The molecule has 0 bridgehead atoms. The number of aryl methyl sites for hydroxylation is 1. The normalized spacial score (nSPS) is 16.0. The molecule has 1 atom stereocenters. The maximum Gasteiger partial charge on any atom is 0.246 e. The van der Waals surface area contributed by atoms with Crippen LogP contribution in [0.1, 0.15) is 11.1 Å². The zero-order valence-electron chi connectivity index (χ0n) is 18.2. The maximum atomic E-state index is 12.6. The van der Waals surface area contributed by atoms with Crippen LogP contribution in [0.3, 0.4) is 0 Å². The van der Waals surface area contributed by atoms with Gasteiger partial charge in [0.25, 0.3) is 0 Å². The summed E-state index contributed by atoms with van der Waals surface area (Å²) in [5, 5.41) is 19.8. The molecule has 0 saturated carbocycles. The molecule has 1 fully saturated rings. The Hall–Kier alpha value is -2.32. The van der Waals surface area contributed by atoms with Gasteiger partial charge < -0.3 is 21.1 Å². The Balaban J connectivity index is 1.65. The van der Waals surface area contributed by atoms with Crippen molar-refractivity contribution in [2.24, 2.45) is 0 Å². The third-order valence-corrected chi connectivity index (χ3v) is 5.94. The van der Waals surface area contributed by atoms with Crippen molar-refractivity contribution >= 4 is 29.1 Å². The van der Waals surface area contributed by atoms with E-state index in [9.17, 15) is 9.90 Å². The Bertz CT molecular complexity index is 862. The number of hydrogen-bond acceptors (Lipinski definition) is 6. The third kappa shape index (κ3) is 7.70. The molecule has 1 saturated heterocycles. The molecule has 0 aliphatic carbocycles. The van der Waals surface area contributed by atoms with Gasteiger partial charge in [-0.15, -0.1) is 11.8 Å². The van der Waals surface area contributed by atoms with E-state index >= 15 is 0 Å². The predicted molar refractivity (Wildman–Crippen MR) is 129 cm³/mol. The summed E-state index contributed by atoms with van der Waals surface area (Å²) in [5.74, 6) is -0.233. The van der Waals surface area contributed by atoms with Gasteiger partial charge in [-0.1, -0.05) is 29.8 Å². The first-order chi connectivity index (χ1) is 15.0. The number of aliphatic hydroxyl groups excluding tert-OH is 1. The van der Waals surface area contributed by atoms with E-state index in [0.717, 1.165) is 43.0 Å². The van der Waals surface area contributed by atoms with Crippen LogP contribution in [0, 0.1) is 6.92 Å². The van der Waals surface area contributed by atoms with Crippen LogP contribution in [0.4, 0.5) is 5.69 Å². The Morgan fingerprint density at radius 3 is 2.48 bits per heavy atom. The summed E-state index contributed by atoms with van der Waals surface area (Å²) in [4.78, 5) is 16.0. The number of nitrogens with zero attached hydrogens (tertiary/aromatic N) is 1. The molecule has 1 amide bonds. The largest absolute Gasteiger partial charge is 0.390 e. The standard InChI is InChI=1S/C24H32N4O2S/c1-18-3-5-19(6-4-18)23(27-20-7-9-22(31-2)10-8-20)15-24(30)26-16-21(29)17-28-13-11-25-12-14-28/h3-10,15,21,25,27,29H,11-14,16-17H2,1-2H3,(H,26,30)/b23-15-. The second-order valence-corrected chi connectivity index (χ2v) is 8.61. The summed E-state index contributed by atoms with van der Waals surface area (Å²) < 4.78 is 0. The Kier molecular flexibility index (Phi) is 8.97. The quantitative estimate of drug-likeness (QED) is 0.355. The number of benzene rings is 2. The highest BCUT2D eigenvalue weighted by Gasteiger charge is 2.15. The van der Waals surface area contributed by atoms with E-state index in [-0.39, 0.29) is 12.5 Å². The Labute approximate surface area is 189 Å². The molecule has 1 aliphatic heterocycles. The SMILES string of the molecule is CSc1ccc(N/C(=C\C(=O)NCC(O)CN2CCNCC2)c2ccc(C)cc2)cc1. The number of anilines is 1. The average molecular weight is 441 g/mol. The number of amides is 1. The highest BCUT2D eigenvalue weighted by Crippen LogP contribution is 2.22. The van der Waals surface area contributed by atoms with Gasteiger partial charge in [-0.25, -0.2) is 0 Å². The van der Waals surface area contributed by atoms with E-state index in [1.165, 1.54) is 4.90 Å². The summed E-state index contributed by atoms with van der Waals surface area (Å²) in [5.41, 5.74) is 3.71. The summed E-state index contributed by atoms with van der Waals surface area (Å²) in [6.45, 7) is 6.54. The van der Waals surface area contributed by atoms with E-state index in [2.05, 4.69) is 20.9 Å². The number of aliphatic hydroxyl groups is 1. The van der Waals surface area contributed by atoms with Gasteiger partial charge in [0.15, 0.2) is 0 Å². The van der Waals surface area contributed by atoms with Crippen LogP contribution < -0.4 is 16.0 Å². The number of rotatable bonds is 9. The van der Waals surface area contributed by atoms with Crippen LogP contribution in [0.2, 0.25) is 0 Å². The monoisotopic (exact) mass is 440 g/mol. The van der Waals surface area contributed by atoms with E-state index in [0.29, 0.717) is 12.2 Å². The fourth-order valence-corrected chi connectivity index (χ4v) is 3.82. The molecule has 6 nitrogen and oxygen atoms in total. The van der Waals surface area contributed by atoms with Crippen LogP contribution >= 0.6 is 11.8 Å². The van der Waals surface area contributed by atoms with Gasteiger partial charge in [-0.2, -0.15) is 0 Å². The lowest BCUT2D eigenvalue weighted by Crippen LogP contribution is -2.48. The minimum Gasteiger partial charge on any atom is -0.390 e. The van der Waals surface area contributed by atoms with Crippen molar-refractivity contribution in [2.45, 2.75) is 17.9 Å². The zero-order chi connectivity index (χ0) is 22.1. The van der Waals surface area contributed by atoms with Crippen LogP contribution in [0.15, 0.2) is 59.5 Å². The molecule has 3 rings (SSSR count). The zero-order valence-corrected chi connectivity index (χ0v) is 19.0. The van der Waals surface area contributed by atoms with Crippen LogP contribution in [0.5, 0.6) is 0 Å². The van der Waals surface area contributed by atoms with Crippen molar-refractivity contribution in [1.82, 2.24) is 15.5 Å². The van der Waals surface area contributed by atoms with E-state index < -0.39 is 6.10 Å². The Morgan fingerprint density at radius 1 is 1.16 bits per heavy atom. The highest BCUT2D eigenvalue weighted by atomic mass is 32.2. The molecule has 0 aromatic heterocycles. The Morgan fingerprint density at radius 2 is 1.84 bits per heavy atom. The number of piperazine rings is 1. The molecule has 2 aromatic carbocycles. The molecule has 1 unspecified atom stereocenters. The molecule has 1 aliphatic rings. The van der Waals surface area contributed by atoms with Crippen molar-refractivity contribution in [2.75, 3.05) is 50.8 Å². The molecule has 4 N–H and O–H groups in total. The predicted octanol–water partition coefficient (Wildman–Crippen LogP) is 2.55. The van der Waals surface area contributed by atoms with E-state index in [1.54, 1.807) is 17.8 Å². The van der Waals surface area contributed by atoms with Crippen LogP contribution in [-0.2, 0) is 4.79 Å². The summed E-state index contributed by atoms with van der Waals surface area (Å²) >= 11 is 1.69. The third-order valence-electron chi connectivity index (χ3n) is 5.20. The van der Waals surface area contributed by atoms with Crippen molar-refractivity contribution in [3.63, 3.8) is 0 Å². The van der Waals surface area contributed by atoms with Crippen molar-refractivity contribution in [3.8, 4) is 0 Å². The second-order valence-electron chi connectivity index (χ2n) is 7.73. The topological polar surface area (TPSA) is 76.6 Å². The molecule has 0 radical (unpaired) electrons. The summed E-state index contributed by atoms with van der Waals surface area (Å²) in [6, 6.07) is 16.1. The molecule has 7 heteroatoms. The van der Waals surface area contributed by atoms with Gasteiger partial charge in [0, 0.05) is 55.9 Å². The summed E-state index contributed by atoms with van der Waals surface area (Å²) in [6.07, 6.45) is 3.01. The molecular weight excluding hydrogens is 408 g/mol. The van der Waals surface area contributed by atoms with Gasteiger partial charge in [0.05, 0.1) is 11.8 Å². The smallest absolute Gasteiger partial charge is 0.246 e. The lowest BCUT2D eigenvalue weighted by atomic mass is 10.1. The first-order valence-corrected chi connectivity index (χ1v) is 11.8. The van der Waals surface area contributed by atoms with Gasteiger partial charge in [-0.3, -0.25) is 9.69 Å². The van der Waals surface area contributed by atoms with Gasteiger partial charge >= 0.3 is 0 Å². The average Bonchev–Trinajstić information content (AvgIpc) is 2.79. The number of hydrogen-bond donors (Lipinski definition) is 4. The molecule has 2 aromatic rings. The number of nitrogens with one attached hydrogen (secondary N) is 3. The second kappa shape index (κ2) is 11.9. The van der Waals surface area contributed by atoms with Crippen molar-refractivity contribution < 1.29 is 9.90 Å². The van der Waals surface area contributed by atoms with Gasteiger partial charge in [-0.05, 0) is 43.0 Å². The van der Waals surface area contributed by atoms with Gasteiger partial charge in [0.1, 0.15) is 0 Å². The fraction of sp³-hybridized carbons (Fsp3) is 0.375. The number of carbonyl (C=O) groups excluding carboxylic acids is 1. The summed E-state index contributed by atoms with van der Waals surface area (Å²) in [7, 11) is 0. The molecule has 31 heavy (non-hydrogen) atoms. The van der Waals surface area contributed by atoms with E-state index in [4.69, 9.17) is 0 Å². The minimum absolute atomic E-state index is 0.225. The first kappa shape index (κ1) is 23.3. The number of β-amino-alcohol motifs (C(OH)–C–C–N with tert-alkyl or cyclic N) is 1. The van der Waals surface area contributed by atoms with Crippen molar-refractivity contribution in [3.05, 3.63) is 65.7 Å². The van der Waals surface area contributed by atoms with Crippen molar-refractivity contribution in [1.29, 1.82) is 0 Å². The molecule has 166 valence electrons.